The zero-order valence-corrected chi connectivity index (χ0v) is 9.74. The molecule has 1 heteroatoms. The summed E-state index contributed by atoms with van der Waals surface area (Å²) in [4.78, 5) is 0. The SMILES string of the molecule is CCCCC1(C#N)CC=Cc2ccccc21. The highest BCUT2D eigenvalue weighted by molar-refractivity contribution is 5.61. The maximum atomic E-state index is 9.53. The minimum Gasteiger partial charge on any atom is -0.197 e. The van der Waals surface area contributed by atoms with E-state index in [1.54, 1.807) is 0 Å². The van der Waals surface area contributed by atoms with Crippen molar-refractivity contribution in [3.8, 4) is 6.07 Å². The standard InChI is InChI=1S/C15H17N/c1-2-3-10-15(12-16)11-6-8-13-7-4-5-9-14(13)15/h4-9H,2-3,10-11H2,1H3. The van der Waals surface area contributed by atoms with Gasteiger partial charge in [-0.3, -0.25) is 0 Å². The van der Waals surface area contributed by atoms with E-state index in [4.69, 9.17) is 0 Å². The Labute approximate surface area is 97.4 Å². The molecule has 0 spiro atoms. The van der Waals surface area contributed by atoms with Crippen LogP contribution in [0.1, 0.15) is 43.7 Å². The van der Waals surface area contributed by atoms with Crippen LogP contribution < -0.4 is 0 Å². The summed E-state index contributed by atoms with van der Waals surface area (Å²) in [6, 6.07) is 10.8. The first-order valence-electron chi connectivity index (χ1n) is 6.00. The van der Waals surface area contributed by atoms with Gasteiger partial charge in [0.15, 0.2) is 0 Å². The first kappa shape index (κ1) is 11.0. The fourth-order valence-corrected chi connectivity index (χ4v) is 2.45. The van der Waals surface area contributed by atoms with Gasteiger partial charge in [0, 0.05) is 0 Å². The second-order valence-corrected chi connectivity index (χ2v) is 4.49. The van der Waals surface area contributed by atoms with Crippen molar-refractivity contribution >= 4 is 6.08 Å². The number of allylic oxidation sites excluding steroid dienone is 1. The van der Waals surface area contributed by atoms with E-state index in [-0.39, 0.29) is 5.41 Å². The lowest BCUT2D eigenvalue weighted by molar-refractivity contribution is 0.480. The largest absolute Gasteiger partial charge is 0.197 e. The fraction of sp³-hybridized carbons (Fsp3) is 0.400. The van der Waals surface area contributed by atoms with Gasteiger partial charge in [0.2, 0.25) is 0 Å². The molecule has 2 rings (SSSR count). The Morgan fingerprint density at radius 3 is 2.94 bits per heavy atom. The third-order valence-corrected chi connectivity index (χ3v) is 3.41. The zero-order valence-electron chi connectivity index (χ0n) is 9.74. The topological polar surface area (TPSA) is 23.8 Å². The molecule has 1 atom stereocenters. The monoisotopic (exact) mass is 211 g/mol. The highest BCUT2D eigenvalue weighted by Crippen LogP contribution is 2.39. The predicted octanol–water partition coefficient (Wildman–Crippen LogP) is 4.06. The van der Waals surface area contributed by atoms with Gasteiger partial charge >= 0.3 is 0 Å². The average molecular weight is 211 g/mol. The lowest BCUT2D eigenvalue weighted by atomic mass is 9.71. The summed E-state index contributed by atoms with van der Waals surface area (Å²) < 4.78 is 0. The van der Waals surface area contributed by atoms with Gasteiger partial charge in [0.25, 0.3) is 0 Å². The van der Waals surface area contributed by atoms with Crippen molar-refractivity contribution in [1.29, 1.82) is 5.26 Å². The zero-order chi connectivity index (χ0) is 11.4. The maximum Gasteiger partial charge on any atom is 0.0862 e. The molecule has 0 N–H and O–H groups in total. The van der Waals surface area contributed by atoms with Crippen LogP contribution in [0.2, 0.25) is 0 Å². The minimum absolute atomic E-state index is 0.276. The third kappa shape index (κ3) is 1.76. The first-order valence-corrected chi connectivity index (χ1v) is 6.00. The Morgan fingerprint density at radius 1 is 1.38 bits per heavy atom. The van der Waals surface area contributed by atoms with Crippen molar-refractivity contribution in [2.75, 3.05) is 0 Å². The van der Waals surface area contributed by atoms with Crippen LogP contribution >= 0.6 is 0 Å². The molecule has 0 amide bonds. The van der Waals surface area contributed by atoms with Crippen LogP contribution in [-0.2, 0) is 5.41 Å². The van der Waals surface area contributed by atoms with E-state index >= 15 is 0 Å². The van der Waals surface area contributed by atoms with Gasteiger partial charge in [-0.25, -0.2) is 0 Å². The van der Waals surface area contributed by atoms with Crippen molar-refractivity contribution < 1.29 is 0 Å². The van der Waals surface area contributed by atoms with Crippen LogP contribution in [0.25, 0.3) is 6.08 Å². The molecule has 1 aromatic rings. The van der Waals surface area contributed by atoms with Crippen molar-refractivity contribution in [2.24, 2.45) is 0 Å². The highest BCUT2D eigenvalue weighted by atomic mass is 14.4. The average Bonchev–Trinajstić information content (AvgIpc) is 2.36. The molecule has 0 bridgehead atoms. The van der Waals surface area contributed by atoms with E-state index in [0.29, 0.717) is 0 Å². The van der Waals surface area contributed by atoms with Crippen LogP contribution in [0.5, 0.6) is 0 Å². The van der Waals surface area contributed by atoms with Gasteiger partial charge in [-0.15, -0.1) is 0 Å². The van der Waals surface area contributed by atoms with Crippen molar-refractivity contribution in [3.63, 3.8) is 0 Å². The Bertz CT molecular complexity index is 439. The molecule has 0 saturated carbocycles. The molecule has 16 heavy (non-hydrogen) atoms. The number of hydrogen-bond acceptors (Lipinski definition) is 1. The van der Waals surface area contributed by atoms with E-state index in [2.05, 4.69) is 37.3 Å². The van der Waals surface area contributed by atoms with Gasteiger partial charge < -0.3 is 0 Å². The van der Waals surface area contributed by atoms with Gasteiger partial charge in [-0.1, -0.05) is 56.2 Å². The molecule has 1 aliphatic carbocycles. The number of fused-ring (bicyclic) bond motifs is 1. The molecular weight excluding hydrogens is 194 g/mol. The second kappa shape index (κ2) is 4.53. The molecule has 0 aliphatic heterocycles. The van der Waals surface area contributed by atoms with E-state index in [1.165, 1.54) is 11.1 Å². The quantitative estimate of drug-likeness (QED) is 0.739. The second-order valence-electron chi connectivity index (χ2n) is 4.49. The number of unbranched alkanes of at least 4 members (excludes halogenated alkanes) is 1. The number of hydrogen-bond donors (Lipinski definition) is 0. The molecule has 0 aromatic heterocycles. The molecule has 0 radical (unpaired) electrons. The molecule has 1 unspecified atom stereocenters. The maximum absolute atomic E-state index is 9.53. The Hall–Kier alpha value is -1.55. The lowest BCUT2D eigenvalue weighted by Gasteiger charge is -2.30. The van der Waals surface area contributed by atoms with Gasteiger partial charge in [-0.2, -0.15) is 5.26 Å². The summed E-state index contributed by atoms with van der Waals surface area (Å²) in [5, 5.41) is 9.53. The summed E-state index contributed by atoms with van der Waals surface area (Å²) in [6.07, 6.45) is 8.38. The summed E-state index contributed by atoms with van der Waals surface area (Å²) >= 11 is 0. The summed E-state index contributed by atoms with van der Waals surface area (Å²) in [5.74, 6) is 0. The third-order valence-electron chi connectivity index (χ3n) is 3.41. The Morgan fingerprint density at radius 2 is 2.19 bits per heavy atom. The summed E-state index contributed by atoms with van der Waals surface area (Å²) in [6.45, 7) is 2.18. The predicted molar refractivity (Wildman–Crippen MR) is 66.9 cm³/mol. The minimum atomic E-state index is -0.276. The molecular formula is C15H17N. The van der Waals surface area contributed by atoms with E-state index < -0.39 is 0 Å². The highest BCUT2D eigenvalue weighted by Gasteiger charge is 2.33. The number of benzene rings is 1. The van der Waals surface area contributed by atoms with Crippen LogP contribution in [0.3, 0.4) is 0 Å². The van der Waals surface area contributed by atoms with E-state index in [0.717, 1.165) is 25.7 Å². The molecule has 0 heterocycles. The molecule has 1 aliphatic rings. The van der Waals surface area contributed by atoms with Crippen LogP contribution in [0, 0.1) is 11.3 Å². The fourth-order valence-electron chi connectivity index (χ4n) is 2.45. The number of rotatable bonds is 3. The normalized spacial score (nSPS) is 22.5. The van der Waals surface area contributed by atoms with Crippen molar-refractivity contribution in [2.45, 2.75) is 38.0 Å². The van der Waals surface area contributed by atoms with Crippen LogP contribution in [0.15, 0.2) is 30.3 Å². The number of nitrogens with zero attached hydrogens (tertiary/aromatic N) is 1. The van der Waals surface area contributed by atoms with Crippen LogP contribution in [0.4, 0.5) is 0 Å². The number of nitriles is 1. The van der Waals surface area contributed by atoms with Gasteiger partial charge in [0.1, 0.15) is 0 Å². The molecule has 82 valence electrons. The summed E-state index contributed by atoms with van der Waals surface area (Å²) in [5.41, 5.74) is 2.15. The van der Waals surface area contributed by atoms with E-state index in [1.807, 2.05) is 12.1 Å². The van der Waals surface area contributed by atoms with Crippen molar-refractivity contribution in [3.05, 3.63) is 41.5 Å². The molecule has 1 aromatic carbocycles. The Balaban J connectivity index is 2.42. The summed E-state index contributed by atoms with van der Waals surface area (Å²) in [7, 11) is 0. The molecule has 0 saturated heterocycles. The lowest BCUT2D eigenvalue weighted by Crippen LogP contribution is -2.26. The smallest absolute Gasteiger partial charge is 0.0862 e. The Kier molecular flexibility index (Phi) is 3.10. The first-order chi connectivity index (χ1) is 7.82. The van der Waals surface area contributed by atoms with Crippen molar-refractivity contribution in [1.82, 2.24) is 0 Å². The van der Waals surface area contributed by atoms with E-state index in [9.17, 15) is 5.26 Å². The molecule has 1 nitrogen and oxygen atoms in total. The molecule has 0 fully saturated rings. The van der Waals surface area contributed by atoms with Crippen LogP contribution in [-0.4, -0.2) is 0 Å². The van der Waals surface area contributed by atoms with Gasteiger partial charge in [-0.05, 0) is 24.0 Å². The van der Waals surface area contributed by atoms with Gasteiger partial charge in [0.05, 0.1) is 11.5 Å².